The van der Waals surface area contributed by atoms with E-state index in [4.69, 9.17) is 0 Å². The van der Waals surface area contributed by atoms with Crippen LogP contribution in [0.1, 0.15) is 35.4 Å². The second-order valence-electron chi connectivity index (χ2n) is 6.07. The molecule has 2 N–H and O–H groups in total. The van der Waals surface area contributed by atoms with Crippen molar-refractivity contribution in [1.29, 1.82) is 0 Å². The number of carbonyl (C=O) groups excluding carboxylic acids is 1. The molecule has 0 aliphatic rings. The molecule has 5 nitrogen and oxygen atoms in total. The zero-order valence-electron chi connectivity index (χ0n) is 14.3. The van der Waals surface area contributed by atoms with Crippen LogP contribution in [0.25, 0.3) is 0 Å². The Bertz CT molecular complexity index is 801. The fourth-order valence-electron chi connectivity index (χ4n) is 2.50. The van der Waals surface area contributed by atoms with Crippen molar-refractivity contribution >= 4 is 15.6 Å². The molecule has 2 aromatic rings. The number of ketones is 1. The van der Waals surface area contributed by atoms with Gasteiger partial charge < -0.3 is 10.4 Å². The summed E-state index contributed by atoms with van der Waals surface area (Å²) in [6, 6.07) is 15.1. The van der Waals surface area contributed by atoms with Crippen LogP contribution in [0.5, 0.6) is 0 Å². The summed E-state index contributed by atoms with van der Waals surface area (Å²) in [7, 11) is -3.26. The molecule has 0 aromatic heterocycles. The van der Waals surface area contributed by atoms with Crippen molar-refractivity contribution in [2.24, 2.45) is 0 Å². The van der Waals surface area contributed by atoms with Crippen LogP contribution in [0.2, 0.25) is 0 Å². The van der Waals surface area contributed by atoms with E-state index in [1.807, 2.05) is 37.3 Å². The fraction of sp³-hybridized carbons (Fsp3) is 0.316. The largest absolute Gasteiger partial charge is 0.387 e. The van der Waals surface area contributed by atoms with E-state index in [0.29, 0.717) is 12.1 Å². The molecule has 0 saturated carbocycles. The van der Waals surface area contributed by atoms with E-state index in [2.05, 4.69) is 5.32 Å². The van der Waals surface area contributed by atoms with Gasteiger partial charge in [0, 0.05) is 30.8 Å². The molecule has 2 unspecified atom stereocenters. The first-order valence-electron chi connectivity index (χ1n) is 8.09. The van der Waals surface area contributed by atoms with Crippen LogP contribution in [0, 0.1) is 0 Å². The van der Waals surface area contributed by atoms with Crippen LogP contribution in [-0.4, -0.2) is 38.1 Å². The summed E-state index contributed by atoms with van der Waals surface area (Å²) in [6.45, 7) is 2.29. The van der Waals surface area contributed by atoms with Crippen molar-refractivity contribution in [3.8, 4) is 0 Å². The van der Waals surface area contributed by atoms with Gasteiger partial charge in [-0.3, -0.25) is 4.79 Å². The normalized spacial score (nSPS) is 14.0. The molecule has 0 spiro atoms. The number of Topliss-reactive ketones (excluding diaryl/α,β-unsaturated/α-hetero) is 1. The lowest BCUT2D eigenvalue weighted by molar-refractivity contribution is 0.0972. The number of carbonyl (C=O) groups is 1. The third-order valence-electron chi connectivity index (χ3n) is 4.04. The van der Waals surface area contributed by atoms with Gasteiger partial charge in [-0.15, -0.1) is 0 Å². The van der Waals surface area contributed by atoms with E-state index in [0.717, 1.165) is 11.8 Å². The molecule has 0 aliphatic heterocycles. The van der Waals surface area contributed by atoms with Gasteiger partial charge in [0.25, 0.3) is 0 Å². The van der Waals surface area contributed by atoms with Gasteiger partial charge in [-0.1, -0.05) is 42.5 Å². The first-order valence-corrected chi connectivity index (χ1v) is 9.98. The average molecular weight is 361 g/mol. The lowest BCUT2D eigenvalue weighted by atomic mass is 10.0. The standard InChI is InChI=1S/C19H23NO4S/c1-14(19(22)16-6-4-3-5-7-16)20-13-12-18(21)15-8-10-17(11-9-15)25(2,23)24/h3-11,14,19-20,22H,12-13H2,1-2H3. The predicted octanol–water partition coefficient (Wildman–Crippen LogP) is 2.37. The summed E-state index contributed by atoms with van der Waals surface area (Å²) in [6.07, 6.45) is 0.752. The Morgan fingerprint density at radius 1 is 1.08 bits per heavy atom. The number of benzene rings is 2. The minimum atomic E-state index is -3.26. The summed E-state index contributed by atoms with van der Waals surface area (Å²) in [4.78, 5) is 12.4. The molecule has 2 aromatic carbocycles. The Morgan fingerprint density at radius 3 is 2.24 bits per heavy atom. The average Bonchev–Trinajstić information content (AvgIpc) is 2.61. The van der Waals surface area contributed by atoms with Gasteiger partial charge in [0.1, 0.15) is 0 Å². The SMILES string of the molecule is CC(NCCC(=O)c1ccc(S(C)(=O)=O)cc1)C(O)c1ccccc1. The molecule has 0 heterocycles. The fourth-order valence-corrected chi connectivity index (χ4v) is 3.13. The predicted molar refractivity (Wildman–Crippen MR) is 97.4 cm³/mol. The third-order valence-corrected chi connectivity index (χ3v) is 5.17. The molecule has 6 heteroatoms. The van der Waals surface area contributed by atoms with E-state index in [-0.39, 0.29) is 23.1 Å². The topological polar surface area (TPSA) is 83.5 Å². The Morgan fingerprint density at radius 2 is 1.68 bits per heavy atom. The van der Waals surface area contributed by atoms with Crippen molar-refractivity contribution in [3.05, 3.63) is 65.7 Å². The van der Waals surface area contributed by atoms with Gasteiger partial charge in [0.15, 0.2) is 15.6 Å². The molecule has 0 radical (unpaired) electrons. The molecular weight excluding hydrogens is 338 g/mol. The van der Waals surface area contributed by atoms with Gasteiger partial charge >= 0.3 is 0 Å². The van der Waals surface area contributed by atoms with Crippen LogP contribution in [0.4, 0.5) is 0 Å². The summed E-state index contributed by atoms with van der Waals surface area (Å²) in [5, 5.41) is 13.4. The maximum Gasteiger partial charge on any atom is 0.175 e. The van der Waals surface area contributed by atoms with Crippen molar-refractivity contribution < 1.29 is 18.3 Å². The molecule has 0 saturated heterocycles. The first-order chi connectivity index (χ1) is 11.8. The lowest BCUT2D eigenvalue weighted by Crippen LogP contribution is -2.33. The van der Waals surface area contributed by atoms with Gasteiger partial charge in [-0.05, 0) is 24.6 Å². The number of hydrogen-bond acceptors (Lipinski definition) is 5. The summed E-state index contributed by atoms with van der Waals surface area (Å²) >= 11 is 0. The zero-order chi connectivity index (χ0) is 18.4. The minimum Gasteiger partial charge on any atom is -0.387 e. The monoisotopic (exact) mass is 361 g/mol. The Hall–Kier alpha value is -2.02. The van der Waals surface area contributed by atoms with Crippen LogP contribution in [0.15, 0.2) is 59.5 Å². The highest BCUT2D eigenvalue weighted by Crippen LogP contribution is 2.16. The molecule has 0 fully saturated rings. The summed E-state index contributed by atoms with van der Waals surface area (Å²) in [5.41, 5.74) is 1.30. The number of aliphatic hydroxyl groups excluding tert-OH is 1. The highest BCUT2D eigenvalue weighted by molar-refractivity contribution is 7.90. The molecule has 0 amide bonds. The Kier molecular flexibility index (Phi) is 6.47. The van der Waals surface area contributed by atoms with Crippen LogP contribution < -0.4 is 5.32 Å². The van der Waals surface area contributed by atoms with Gasteiger partial charge in [0.05, 0.1) is 11.0 Å². The molecular formula is C19H23NO4S. The molecule has 0 bridgehead atoms. The zero-order valence-corrected chi connectivity index (χ0v) is 15.2. The highest BCUT2D eigenvalue weighted by Gasteiger charge is 2.16. The van der Waals surface area contributed by atoms with Crippen molar-refractivity contribution in [2.75, 3.05) is 12.8 Å². The van der Waals surface area contributed by atoms with E-state index < -0.39 is 15.9 Å². The first kappa shape index (κ1) is 19.3. The Balaban J connectivity index is 1.86. The second-order valence-corrected chi connectivity index (χ2v) is 8.08. The van der Waals surface area contributed by atoms with E-state index in [9.17, 15) is 18.3 Å². The number of aliphatic hydroxyl groups is 1. The van der Waals surface area contributed by atoms with Crippen LogP contribution >= 0.6 is 0 Å². The lowest BCUT2D eigenvalue weighted by Gasteiger charge is -2.20. The number of hydrogen-bond donors (Lipinski definition) is 2. The smallest absolute Gasteiger partial charge is 0.175 e. The molecule has 2 atom stereocenters. The Labute approximate surface area is 148 Å². The number of nitrogens with one attached hydrogen (secondary N) is 1. The third kappa shape index (κ3) is 5.49. The molecule has 134 valence electrons. The van der Waals surface area contributed by atoms with Gasteiger partial charge in [0.2, 0.25) is 0 Å². The second kappa shape index (κ2) is 8.38. The van der Waals surface area contributed by atoms with E-state index in [1.54, 1.807) is 0 Å². The highest BCUT2D eigenvalue weighted by atomic mass is 32.2. The maximum atomic E-state index is 12.2. The van der Waals surface area contributed by atoms with Gasteiger partial charge in [-0.2, -0.15) is 0 Å². The number of rotatable bonds is 8. The van der Waals surface area contributed by atoms with E-state index >= 15 is 0 Å². The summed E-state index contributed by atoms with van der Waals surface area (Å²) in [5.74, 6) is -0.0750. The van der Waals surface area contributed by atoms with Crippen LogP contribution in [0.3, 0.4) is 0 Å². The van der Waals surface area contributed by atoms with E-state index in [1.165, 1.54) is 24.3 Å². The summed E-state index contributed by atoms with van der Waals surface area (Å²) < 4.78 is 22.8. The van der Waals surface area contributed by atoms with Crippen LogP contribution in [-0.2, 0) is 9.84 Å². The number of sulfone groups is 1. The molecule has 25 heavy (non-hydrogen) atoms. The van der Waals surface area contributed by atoms with Crippen molar-refractivity contribution in [3.63, 3.8) is 0 Å². The quantitative estimate of drug-likeness (QED) is 0.705. The maximum absolute atomic E-state index is 12.2. The minimum absolute atomic E-state index is 0.0750. The van der Waals surface area contributed by atoms with Gasteiger partial charge in [-0.25, -0.2) is 8.42 Å². The molecule has 2 rings (SSSR count). The van der Waals surface area contributed by atoms with Crippen molar-refractivity contribution in [1.82, 2.24) is 5.32 Å². The van der Waals surface area contributed by atoms with Crippen molar-refractivity contribution in [2.45, 2.75) is 30.4 Å². The molecule has 0 aliphatic carbocycles.